The first-order valence-electron chi connectivity index (χ1n) is 3.68. The highest BCUT2D eigenvalue weighted by Crippen LogP contribution is 2.35. The van der Waals surface area contributed by atoms with E-state index in [1.807, 2.05) is 0 Å². The van der Waals surface area contributed by atoms with Gasteiger partial charge in [-0.2, -0.15) is 13.2 Å². The fourth-order valence-corrected chi connectivity index (χ4v) is 0.893. The summed E-state index contributed by atoms with van der Waals surface area (Å²) in [5.41, 5.74) is 0. The van der Waals surface area contributed by atoms with Crippen molar-refractivity contribution < 1.29 is 27.1 Å². The van der Waals surface area contributed by atoms with Crippen LogP contribution in [0.3, 0.4) is 0 Å². The van der Waals surface area contributed by atoms with Crippen LogP contribution in [0.1, 0.15) is 18.8 Å². The number of hydrogen-bond acceptors (Lipinski definition) is 3. The standard InChI is InChI=1S/C8H7F3O3/c1-5(12)14-7(8(9,10)11)6-3-2-4-13-6/h2-4,7H,1H3/t7-/m0/s1. The Bertz CT molecular complexity index is 302. The Balaban J connectivity index is 2.89. The molecule has 0 aromatic carbocycles. The predicted octanol–water partition coefficient (Wildman–Crippen LogP) is 2.45. The van der Waals surface area contributed by atoms with Crippen molar-refractivity contribution in [3.63, 3.8) is 0 Å². The molecule has 0 saturated carbocycles. The minimum Gasteiger partial charge on any atom is -0.465 e. The van der Waals surface area contributed by atoms with Gasteiger partial charge in [-0.3, -0.25) is 4.79 Å². The monoisotopic (exact) mass is 208 g/mol. The third kappa shape index (κ3) is 2.51. The van der Waals surface area contributed by atoms with Gasteiger partial charge in [-0.05, 0) is 12.1 Å². The molecule has 0 N–H and O–H groups in total. The highest BCUT2D eigenvalue weighted by molar-refractivity contribution is 5.66. The van der Waals surface area contributed by atoms with E-state index in [-0.39, 0.29) is 0 Å². The average Bonchev–Trinajstić information content (AvgIpc) is 2.49. The number of carbonyl (C=O) groups excluding carboxylic acids is 1. The van der Waals surface area contributed by atoms with E-state index in [2.05, 4.69) is 9.15 Å². The summed E-state index contributed by atoms with van der Waals surface area (Å²) in [6.07, 6.45) is -5.91. The van der Waals surface area contributed by atoms with Gasteiger partial charge in [-0.25, -0.2) is 0 Å². The van der Waals surface area contributed by atoms with Crippen LogP contribution in [0.2, 0.25) is 0 Å². The van der Waals surface area contributed by atoms with Crippen molar-refractivity contribution in [1.29, 1.82) is 0 Å². The van der Waals surface area contributed by atoms with Crippen LogP contribution < -0.4 is 0 Å². The van der Waals surface area contributed by atoms with Crippen molar-refractivity contribution in [2.45, 2.75) is 19.2 Å². The van der Waals surface area contributed by atoms with E-state index in [4.69, 9.17) is 0 Å². The van der Waals surface area contributed by atoms with Crippen molar-refractivity contribution in [3.8, 4) is 0 Å². The van der Waals surface area contributed by atoms with Crippen molar-refractivity contribution in [1.82, 2.24) is 0 Å². The fraction of sp³-hybridized carbons (Fsp3) is 0.375. The second-order valence-corrected chi connectivity index (χ2v) is 2.55. The molecule has 1 atom stereocenters. The Morgan fingerprint density at radius 3 is 2.57 bits per heavy atom. The van der Waals surface area contributed by atoms with Crippen molar-refractivity contribution in [2.75, 3.05) is 0 Å². The van der Waals surface area contributed by atoms with Crippen LogP contribution in [0, 0.1) is 0 Å². The molecule has 0 aliphatic carbocycles. The molecule has 1 rings (SSSR count). The summed E-state index contributed by atoms with van der Waals surface area (Å²) in [6, 6.07) is 2.39. The van der Waals surface area contributed by atoms with Gasteiger partial charge >= 0.3 is 12.1 Å². The minimum absolute atomic E-state index is 0.437. The molecule has 1 aromatic heterocycles. The molecule has 0 spiro atoms. The zero-order valence-corrected chi connectivity index (χ0v) is 7.17. The van der Waals surface area contributed by atoms with Gasteiger partial charge in [0.2, 0.25) is 0 Å². The Hall–Kier alpha value is -1.46. The number of ether oxygens (including phenoxy) is 1. The summed E-state index contributed by atoms with van der Waals surface area (Å²) in [7, 11) is 0. The number of alkyl halides is 3. The molecule has 0 unspecified atom stereocenters. The highest BCUT2D eigenvalue weighted by atomic mass is 19.4. The van der Waals surface area contributed by atoms with Gasteiger partial charge in [-0.15, -0.1) is 0 Å². The van der Waals surface area contributed by atoms with Gasteiger partial charge in [0, 0.05) is 6.92 Å². The molecular weight excluding hydrogens is 201 g/mol. The molecule has 0 amide bonds. The summed E-state index contributed by atoms with van der Waals surface area (Å²) < 4.78 is 45.5. The van der Waals surface area contributed by atoms with Crippen LogP contribution in [0.15, 0.2) is 22.8 Å². The lowest BCUT2D eigenvalue weighted by Gasteiger charge is -2.17. The molecule has 0 radical (unpaired) electrons. The molecule has 14 heavy (non-hydrogen) atoms. The Labute approximate surface area is 77.5 Å². The van der Waals surface area contributed by atoms with E-state index in [0.29, 0.717) is 0 Å². The van der Waals surface area contributed by atoms with Crippen LogP contribution in [0.5, 0.6) is 0 Å². The molecule has 78 valence electrons. The topological polar surface area (TPSA) is 39.4 Å². The average molecular weight is 208 g/mol. The maximum absolute atomic E-state index is 12.3. The van der Waals surface area contributed by atoms with Crippen LogP contribution in [0.4, 0.5) is 13.2 Å². The zero-order valence-electron chi connectivity index (χ0n) is 7.17. The predicted molar refractivity (Wildman–Crippen MR) is 39.3 cm³/mol. The lowest BCUT2D eigenvalue weighted by atomic mass is 10.2. The van der Waals surface area contributed by atoms with Crippen LogP contribution in [-0.4, -0.2) is 12.1 Å². The summed E-state index contributed by atoms with van der Waals surface area (Å²) in [5, 5.41) is 0. The van der Waals surface area contributed by atoms with Crippen molar-refractivity contribution >= 4 is 5.97 Å². The molecule has 3 nitrogen and oxygen atoms in total. The number of esters is 1. The number of furan rings is 1. The first-order valence-corrected chi connectivity index (χ1v) is 3.68. The maximum atomic E-state index is 12.3. The van der Waals surface area contributed by atoms with E-state index in [1.165, 1.54) is 6.07 Å². The summed E-state index contributed by atoms with van der Waals surface area (Å²) in [4.78, 5) is 10.4. The van der Waals surface area contributed by atoms with Gasteiger partial charge < -0.3 is 9.15 Å². The van der Waals surface area contributed by atoms with Gasteiger partial charge in [0.15, 0.2) is 5.76 Å². The third-order valence-corrected chi connectivity index (χ3v) is 1.38. The van der Waals surface area contributed by atoms with E-state index >= 15 is 0 Å². The van der Waals surface area contributed by atoms with E-state index in [1.54, 1.807) is 0 Å². The zero-order chi connectivity index (χ0) is 10.8. The molecule has 6 heteroatoms. The van der Waals surface area contributed by atoms with Crippen molar-refractivity contribution in [2.24, 2.45) is 0 Å². The molecule has 0 aliphatic rings. The van der Waals surface area contributed by atoms with E-state index in [9.17, 15) is 18.0 Å². The van der Waals surface area contributed by atoms with Crippen LogP contribution in [-0.2, 0) is 9.53 Å². The molecule has 0 aliphatic heterocycles. The molecule has 0 bridgehead atoms. The molecule has 0 saturated heterocycles. The quantitative estimate of drug-likeness (QED) is 0.700. The van der Waals surface area contributed by atoms with E-state index < -0.39 is 24.0 Å². The van der Waals surface area contributed by atoms with Gasteiger partial charge in [0.25, 0.3) is 6.10 Å². The first-order chi connectivity index (χ1) is 6.41. The lowest BCUT2D eigenvalue weighted by Crippen LogP contribution is -2.24. The van der Waals surface area contributed by atoms with Gasteiger partial charge in [-0.1, -0.05) is 0 Å². The minimum atomic E-state index is -4.66. The third-order valence-electron chi connectivity index (χ3n) is 1.38. The van der Waals surface area contributed by atoms with Crippen LogP contribution >= 0.6 is 0 Å². The fourth-order valence-electron chi connectivity index (χ4n) is 0.893. The number of halogens is 3. The molecule has 1 aromatic rings. The molecule has 0 fully saturated rings. The lowest BCUT2D eigenvalue weighted by molar-refractivity contribution is -0.227. The van der Waals surface area contributed by atoms with Gasteiger partial charge in [0.05, 0.1) is 6.26 Å². The molecular formula is C8H7F3O3. The second-order valence-electron chi connectivity index (χ2n) is 2.55. The Morgan fingerprint density at radius 2 is 2.21 bits per heavy atom. The summed E-state index contributed by atoms with van der Waals surface area (Å²) in [6.45, 7) is 0.904. The molecule has 1 heterocycles. The maximum Gasteiger partial charge on any atom is 0.432 e. The Kier molecular flexibility index (Phi) is 2.83. The van der Waals surface area contributed by atoms with E-state index in [0.717, 1.165) is 19.3 Å². The largest absolute Gasteiger partial charge is 0.465 e. The Morgan fingerprint density at radius 1 is 1.57 bits per heavy atom. The van der Waals surface area contributed by atoms with Crippen LogP contribution in [0.25, 0.3) is 0 Å². The number of rotatable bonds is 2. The summed E-state index contributed by atoms with van der Waals surface area (Å²) >= 11 is 0. The smallest absolute Gasteiger partial charge is 0.432 e. The summed E-state index contributed by atoms with van der Waals surface area (Å²) in [5.74, 6) is -1.45. The first kappa shape index (κ1) is 10.6. The van der Waals surface area contributed by atoms with Gasteiger partial charge in [0.1, 0.15) is 0 Å². The second kappa shape index (κ2) is 3.73. The highest BCUT2D eigenvalue weighted by Gasteiger charge is 2.45. The number of carbonyl (C=O) groups is 1. The number of hydrogen-bond donors (Lipinski definition) is 0. The SMILES string of the molecule is CC(=O)O[C@@H](c1ccco1)C(F)(F)F. The normalized spacial score (nSPS) is 13.7. The van der Waals surface area contributed by atoms with Crippen molar-refractivity contribution in [3.05, 3.63) is 24.2 Å².